The molecule has 0 saturated carbocycles. The van der Waals surface area contributed by atoms with E-state index in [0.29, 0.717) is 11.4 Å². The second kappa shape index (κ2) is 12.0. The van der Waals surface area contributed by atoms with E-state index in [1.807, 2.05) is 24.3 Å². The van der Waals surface area contributed by atoms with Crippen LogP contribution in [0.5, 0.6) is 5.75 Å². The summed E-state index contributed by atoms with van der Waals surface area (Å²) in [4.78, 5) is 26.9. The first-order chi connectivity index (χ1) is 15.6. The first-order valence-electron chi connectivity index (χ1n) is 10.4. The highest BCUT2D eigenvalue weighted by atomic mass is 79.9. The second-order valence-electron chi connectivity index (χ2n) is 7.55. The SMILES string of the molecule is CNC(=O)[C@H](C)N(Cc1cccc(Br)c1)C(=O)CCCN(c1ccccc1OC)S(C)(=O)=O. The molecule has 0 aliphatic rings. The molecule has 2 amide bonds. The molecule has 0 bridgehead atoms. The van der Waals surface area contributed by atoms with E-state index in [9.17, 15) is 18.0 Å². The summed E-state index contributed by atoms with van der Waals surface area (Å²) >= 11 is 3.42. The van der Waals surface area contributed by atoms with Crippen molar-refractivity contribution in [3.8, 4) is 5.75 Å². The van der Waals surface area contributed by atoms with E-state index in [1.54, 1.807) is 31.2 Å². The average Bonchev–Trinajstić information content (AvgIpc) is 2.78. The fraction of sp³-hybridized carbons (Fsp3) is 0.391. The molecule has 2 aromatic carbocycles. The molecule has 1 atom stereocenters. The van der Waals surface area contributed by atoms with Gasteiger partial charge in [0.15, 0.2) is 0 Å². The Hall–Kier alpha value is -2.59. The summed E-state index contributed by atoms with van der Waals surface area (Å²) in [6, 6.07) is 13.7. The van der Waals surface area contributed by atoms with E-state index in [2.05, 4.69) is 21.2 Å². The maximum atomic E-state index is 13.1. The van der Waals surface area contributed by atoms with Gasteiger partial charge >= 0.3 is 0 Å². The van der Waals surface area contributed by atoms with Gasteiger partial charge in [0.25, 0.3) is 0 Å². The number of amides is 2. The molecule has 0 aromatic heterocycles. The van der Waals surface area contributed by atoms with Crippen LogP contribution in [0.15, 0.2) is 53.0 Å². The monoisotopic (exact) mass is 539 g/mol. The van der Waals surface area contributed by atoms with Crippen LogP contribution in [0.4, 0.5) is 5.69 Å². The lowest BCUT2D eigenvalue weighted by atomic mass is 10.1. The molecular weight excluding hydrogens is 510 g/mol. The maximum absolute atomic E-state index is 13.1. The number of ether oxygens (including phenoxy) is 1. The van der Waals surface area contributed by atoms with Crippen molar-refractivity contribution < 1.29 is 22.7 Å². The average molecular weight is 540 g/mol. The Morgan fingerprint density at radius 2 is 1.85 bits per heavy atom. The normalized spacial score (nSPS) is 12.0. The highest BCUT2D eigenvalue weighted by molar-refractivity contribution is 9.10. The molecule has 0 radical (unpaired) electrons. The Balaban J connectivity index is 2.18. The molecule has 0 unspecified atom stereocenters. The van der Waals surface area contributed by atoms with E-state index < -0.39 is 16.1 Å². The first-order valence-corrected chi connectivity index (χ1v) is 13.1. The van der Waals surface area contributed by atoms with Crippen molar-refractivity contribution in [1.82, 2.24) is 10.2 Å². The molecule has 0 fully saturated rings. The molecule has 0 heterocycles. The number of likely N-dealkylation sites (N-methyl/N-ethyl adjacent to an activating group) is 1. The van der Waals surface area contributed by atoms with E-state index >= 15 is 0 Å². The van der Waals surface area contributed by atoms with Crippen molar-refractivity contribution in [3.05, 3.63) is 58.6 Å². The van der Waals surface area contributed by atoms with Gasteiger partial charge in [0, 0.05) is 31.0 Å². The molecule has 2 aromatic rings. The van der Waals surface area contributed by atoms with E-state index in [4.69, 9.17) is 4.74 Å². The van der Waals surface area contributed by atoms with Crippen molar-refractivity contribution in [2.45, 2.75) is 32.4 Å². The number of carbonyl (C=O) groups excluding carboxylic acids is 2. The topological polar surface area (TPSA) is 96.0 Å². The Bertz CT molecular complexity index is 1080. The van der Waals surface area contributed by atoms with Gasteiger partial charge in [-0.2, -0.15) is 0 Å². The van der Waals surface area contributed by atoms with Crippen LogP contribution >= 0.6 is 15.9 Å². The highest BCUT2D eigenvalue weighted by Gasteiger charge is 2.26. The van der Waals surface area contributed by atoms with E-state index in [1.165, 1.54) is 23.4 Å². The molecule has 10 heteroatoms. The molecule has 2 rings (SSSR count). The van der Waals surface area contributed by atoms with Crippen molar-refractivity contribution in [2.75, 3.05) is 31.3 Å². The Morgan fingerprint density at radius 1 is 1.15 bits per heavy atom. The minimum Gasteiger partial charge on any atom is -0.495 e. The van der Waals surface area contributed by atoms with Crippen LogP contribution in [-0.2, 0) is 26.2 Å². The zero-order valence-electron chi connectivity index (χ0n) is 19.2. The smallest absolute Gasteiger partial charge is 0.242 e. The quantitative estimate of drug-likeness (QED) is 0.473. The predicted octanol–water partition coefficient (Wildman–Crippen LogP) is 3.17. The molecular formula is C23H30BrN3O5S. The number of carbonyl (C=O) groups is 2. The molecule has 0 aliphatic carbocycles. The zero-order valence-corrected chi connectivity index (χ0v) is 21.6. The third kappa shape index (κ3) is 7.46. The van der Waals surface area contributed by atoms with Crippen molar-refractivity contribution >= 4 is 43.5 Å². The van der Waals surface area contributed by atoms with Gasteiger partial charge in [-0.1, -0.05) is 40.2 Å². The molecule has 180 valence electrons. The van der Waals surface area contributed by atoms with Gasteiger partial charge in [-0.3, -0.25) is 13.9 Å². The Morgan fingerprint density at radius 3 is 2.45 bits per heavy atom. The molecule has 33 heavy (non-hydrogen) atoms. The van der Waals surface area contributed by atoms with E-state index in [0.717, 1.165) is 16.3 Å². The zero-order chi connectivity index (χ0) is 24.6. The number of rotatable bonds is 11. The summed E-state index contributed by atoms with van der Waals surface area (Å²) in [5.41, 5.74) is 1.29. The summed E-state index contributed by atoms with van der Waals surface area (Å²) in [6.45, 7) is 2.03. The van der Waals surface area contributed by atoms with Gasteiger partial charge < -0.3 is 15.0 Å². The Labute approximate surface area is 204 Å². The highest BCUT2D eigenvalue weighted by Crippen LogP contribution is 2.29. The number of halogens is 1. The summed E-state index contributed by atoms with van der Waals surface area (Å²) < 4.78 is 32.3. The largest absolute Gasteiger partial charge is 0.495 e. The van der Waals surface area contributed by atoms with Crippen LogP contribution in [0.3, 0.4) is 0 Å². The third-order valence-corrected chi connectivity index (χ3v) is 6.83. The maximum Gasteiger partial charge on any atom is 0.242 e. The number of para-hydroxylation sites is 2. The van der Waals surface area contributed by atoms with Gasteiger partial charge in [-0.25, -0.2) is 8.42 Å². The fourth-order valence-corrected chi connectivity index (χ4v) is 4.86. The lowest BCUT2D eigenvalue weighted by Gasteiger charge is -2.29. The summed E-state index contributed by atoms with van der Waals surface area (Å²) in [5.74, 6) is -0.0801. The van der Waals surface area contributed by atoms with Gasteiger partial charge in [-0.05, 0) is 43.2 Å². The van der Waals surface area contributed by atoms with Gasteiger partial charge in [0.2, 0.25) is 21.8 Å². The van der Waals surface area contributed by atoms with Gasteiger partial charge in [0.1, 0.15) is 11.8 Å². The molecule has 1 N–H and O–H groups in total. The number of anilines is 1. The van der Waals surface area contributed by atoms with Crippen LogP contribution in [-0.4, -0.2) is 58.1 Å². The molecule has 0 aliphatic heterocycles. The number of sulfonamides is 1. The number of methoxy groups -OCH3 is 1. The molecule has 0 spiro atoms. The Kier molecular flexibility index (Phi) is 9.72. The summed E-state index contributed by atoms with van der Waals surface area (Å²) in [6.07, 6.45) is 1.48. The van der Waals surface area contributed by atoms with Gasteiger partial charge in [-0.15, -0.1) is 0 Å². The standard InChI is InChI=1S/C23H30BrN3O5S/c1-17(23(29)25-2)26(16-18-9-7-10-19(24)15-18)22(28)13-8-14-27(33(4,30)31)20-11-5-6-12-21(20)32-3/h5-7,9-12,15,17H,8,13-14,16H2,1-4H3,(H,25,29)/t17-/m0/s1. The number of benzene rings is 2. The lowest BCUT2D eigenvalue weighted by Crippen LogP contribution is -2.46. The van der Waals surface area contributed by atoms with Crippen LogP contribution in [0, 0.1) is 0 Å². The number of hydrogen-bond acceptors (Lipinski definition) is 5. The minimum atomic E-state index is -3.60. The van der Waals surface area contributed by atoms with Crippen LogP contribution < -0.4 is 14.4 Å². The van der Waals surface area contributed by atoms with Crippen LogP contribution in [0.25, 0.3) is 0 Å². The van der Waals surface area contributed by atoms with Crippen molar-refractivity contribution in [1.29, 1.82) is 0 Å². The molecule has 0 saturated heterocycles. The summed E-state index contributed by atoms with van der Waals surface area (Å²) in [7, 11) is -0.596. The van der Waals surface area contributed by atoms with Crippen LogP contribution in [0.1, 0.15) is 25.3 Å². The molecule has 8 nitrogen and oxygen atoms in total. The number of nitrogens with zero attached hydrogens (tertiary/aromatic N) is 2. The third-order valence-electron chi connectivity index (χ3n) is 5.16. The fourth-order valence-electron chi connectivity index (χ4n) is 3.44. The summed E-state index contributed by atoms with van der Waals surface area (Å²) in [5, 5.41) is 2.58. The minimum absolute atomic E-state index is 0.0799. The van der Waals surface area contributed by atoms with Crippen molar-refractivity contribution in [3.63, 3.8) is 0 Å². The van der Waals surface area contributed by atoms with Gasteiger partial charge in [0.05, 0.1) is 19.1 Å². The first kappa shape index (κ1) is 26.7. The number of hydrogen-bond donors (Lipinski definition) is 1. The van der Waals surface area contributed by atoms with Crippen molar-refractivity contribution in [2.24, 2.45) is 0 Å². The second-order valence-corrected chi connectivity index (χ2v) is 10.4. The number of nitrogens with one attached hydrogen (secondary N) is 1. The van der Waals surface area contributed by atoms with Crippen LogP contribution in [0.2, 0.25) is 0 Å². The van der Waals surface area contributed by atoms with E-state index in [-0.39, 0.29) is 37.7 Å². The lowest BCUT2D eigenvalue weighted by molar-refractivity contribution is -0.140. The predicted molar refractivity (Wildman–Crippen MR) is 133 cm³/mol.